The van der Waals surface area contributed by atoms with Crippen LogP contribution >= 0.6 is 0 Å². The number of pyridine rings is 1. The highest BCUT2D eigenvalue weighted by Gasteiger charge is 2.27. The van der Waals surface area contributed by atoms with E-state index in [9.17, 15) is 9.59 Å². The zero-order valence-corrected chi connectivity index (χ0v) is 12.4. The minimum atomic E-state index is -0.227. The Morgan fingerprint density at radius 2 is 1.86 bits per heavy atom. The number of piperidine rings is 1. The number of carbonyl (C=O) groups is 1. The first kappa shape index (κ1) is 13.9. The molecule has 0 spiro atoms. The van der Waals surface area contributed by atoms with Gasteiger partial charge < -0.3 is 9.88 Å². The third-order valence-corrected chi connectivity index (χ3v) is 4.14. The van der Waals surface area contributed by atoms with Crippen LogP contribution in [-0.2, 0) is 0 Å². The van der Waals surface area contributed by atoms with E-state index in [2.05, 4.69) is 18.8 Å². The maximum Gasteiger partial charge on any atom is 0.254 e. The van der Waals surface area contributed by atoms with Gasteiger partial charge in [0.05, 0.1) is 5.56 Å². The fourth-order valence-electron chi connectivity index (χ4n) is 3.38. The zero-order chi connectivity index (χ0) is 15.0. The molecule has 4 heteroatoms. The first-order valence-corrected chi connectivity index (χ1v) is 7.46. The Bertz CT molecular complexity index is 725. The average Bonchev–Trinajstić information content (AvgIpc) is 2.44. The van der Waals surface area contributed by atoms with Crippen molar-refractivity contribution in [1.29, 1.82) is 0 Å². The summed E-state index contributed by atoms with van der Waals surface area (Å²) >= 11 is 0. The lowest BCUT2D eigenvalue weighted by atomic mass is 9.91. The highest BCUT2D eigenvalue weighted by atomic mass is 16.2. The molecule has 1 aromatic carbocycles. The first-order chi connectivity index (χ1) is 10.0. The van der Waals surface area contributed by atoms with E-state index in [1.54, 1.807) is 0 Å². The molecule has 2 atom stereocenters. The third kappa shape index (κ3) is 2.71. The maximum atomic E-state index is 12.8. The lowest BCUT2D eigenvalue weighted by Crippen LogP contribution is -2.42. The number of nitrogens with one attached hydrogen (secondary N) is 1. The number of rotatable bonds is 1. The van der Waals surface area contributed by atoms with Crippen LogP contribution in [0.4, 0.5) is 0 Å². The van der Waals surface area contributed by atoms with Crippen LogP contribution in [-0.4, -0.2) is 28.9 Å². The van der Waals surface area contributed by atoms with E-state index in [1.807, 2.05) is 29.2 Å². The molecule has 0 unspecified atom stereocenters. The number of hydrogen-bond donors (Lipinski definition) is 1. The quantitative estimate of drug-likeness (QED) is 0.875. The second kappa shape index (κ2) is 5.35. The van der Waals surface area contributed by atoms with Gasteiger partial charge in [0.1, 0.15) is 0 Å². The fraction of sp³-hybridized carbons (Fsp3) is 0.412. The van der Waals surface area contributed by atoms with Crippen molar-refractivity contribution in [1.82, 2.24) is 9.88 Å². The summed E-state index contributed by atoms with van der Waals surface area (Å²) in [6.07, 6.45) is 1.15. The Balaban J connectivity index is 2.03. The van der Waals surface area contributed by atoms with Gasteiger partial charge >= 0.3 is 0 Å². The van der Waals surface area contributed by atoms with Crippen molar-refractivity contribution in [3.05, 3.63) is 46.2 Å². The molecular formula is C17H20N2O2. The predicted molar refractivity (Wildman–Crippen MR) is 83.4 cm³/mol. The molecule has 110 valence electrons. The third-order valence-electron chi connectivity index (χ3n) is 4.14. The molecule has 2 heterocycles. The van der Waals surface area contributed by atoms with Crippen LogP contribution in [0.5, 0.6) is 0 Å². The zero-order valence-electron chi connectivity index (χ0n) is 12.4. The molecule has 0 bridgehead atoms. The van der Waals surface area contributed by atoms with Crippen molar-refractivity contribution in [3.63, 3.8) is 0 Å². The predicted octanol–water partition coefficient (Wildman–Crippen LogP) is 2.65. The SMILES string of the molecule is C[C@H]1C[C@H](C)CN(C(=O)c2cc(=O)[nH]c3ccccc23)C1. The van der Waals surface area contributed by atoms with E-state index >= 15 is 0 Å². The highest BCUT2D eigenvalue weighted by molar-refractivity contribution is 6.05. The number of nitrogens with zero attached hydrogens (tertiary/aromatic N) is 1. The molecule has 0 saturated carbocycles. The van der Waals surface area contributed by atoms with Crippen LogP contribution in [0.1, 0.15) is 30.6 Å². The van der Waals surface area contributed by atoms with Gasteiger partial charge in [0.25, 0.3) is 5.91 Å². The van der Waals surface area contributed by atoms with Crippen LogP contribution in [0.15, 0.2) is 35.1 Å². The minimum absolute atomic E-state index is 0.0318. The molecule has 1 aliphatic heterocycles. The van der Waals surface area contributed by atoms with Crippen LogP contribution in [0.25, 0.3) is 10.9 Å². The van der Waals surface area contributed by atoms with Gasteiger partial charge in [-0.05, 0) is 24.3 Å². The molecule has 4 nitrogen and oxygen atoms in total. The van der Waals surface area contributed by atoms with Crippen molar-refractivity contribution in [2.24, 2.45) is 11.8 Å². The summed E-state index contributed by atoms with van der Waals surface area (Å²) in [6, 6.07) is 8.88. The van der Waals surface area contributed by atoms with Gasteiger partial charge in [-0.2, -0.15) is 0 Å². The Labute approximate surface area is 123 Å². The Morgan fingerprint density at radius 3 is 2.57 bits per heavy atom. The number of carbonyl (C=O) groups excluding carboxylic acids is 1. The molecular weight excluding hydrogens is 264 g/mol. The number of fused-ring (bicyclic) bond motifs is 1. The number of hydrogen-bond acceptors (Lipinski definition) is 2. The van der Waals surface area contributed by atoms with E-state index in [0.717, 1.165) is 24.9 Å². The summed E-state index contributed by atoms with van der Waals surface area (Å²) in [7, 11) is 0. The maximum absolute atomic E-state index is 12.8. The molecule has 21 heavy (non-hydrogen) atoms. The Kier molecular flexibility index (Phi) is 3.53. The minimum Gasteiger partial charge on any atom is -0.338 e. The summed E-state index contributed by atoms with van der Waals surface area (Å²) in [5.74, 6) is 0.979. The van der Waals surface area contributed by atoms with Gasteiger partial charge in [-0.1, -0.05) is 32.0 Å². The average molecular weight is 284 g/mol. The molecule has 0 radical (unpaired) electrons. The van der Waals surface area contributed by atoms with Crippen LogP contribution < -0.4 is 5.56 Å². The largest absolute Gasteiger partial charge is 0.338 e. The fourth-order valence-corrected chi connectivity index (χ4v) is 3.38. The van der Waals surface area contributed by atoms with Gasteiger partial charge in [-0.25, -0.2) is 0 Å². The lowest BCUT2D eigenvalue weighted by Gasteiger charge is -2.35. The summed E-state index contributed by atoms with van der Waals surface area (Å²) < 4.78 is 0. The van der Waals surface area contributed by atoms with E-state index in [1.165, 1.54) is 6.07 Å². The Hall–Kier alpha value is -2.10. The van der Waals surface area contributed by atoms with E-state index in [4.69, 9.17) is 0 Å². The normalized spacial score (nSPS) is 22.5. The van der Waals surface area contributed by atoms with E-state index in [0.29, 0.717) is 22.9 Å². The van der Waals surface area contributed by atoms with Crippen LogP contribution in [0.3, 0.4) is 0 Å². The number of H-pyrrole nitrogens is 1. The molecule has 3 rings (SSSR count). The van der Waals surface area contributed by atoms with Crippen molar-refractivity contribution in [3.8, 4) is 0 Å². The summed E-state index contributed by atoms with van der Waals surface area (Å²) in [5, 5.41) is 0.813. The van der Waals surface area contributed by atoms with Gasteiger partial charge in [-0.15, -0.1) is 0 Å². The number of aromatic nitrogens is 1. The summed E-state index contributed by atoms with van der Waals surface area (Å²) in [5.41, 5.74) is 0.997. The van der Waals surface area contributed by atoms with Crippen molar-refractivity contribution >= 4 is 16.8 Å². The Morgan fingerprint density at radius 1 is 1.19 bits per heavy atom. The lowest BCUT2D eigenvalue weighted by molar-refractivity contribution is 0.0625. The first-order valence-electron chi connectivity index (χ1n) is 7.46. The molecule has 0 aliphatic carbocycles. The molecule has 2 aromatic rings. The molecule has 1 fully saturated rings. The van der Waals surface area contributed by atoms with E-state index in [-0.39, 0.29) is 11.5 Å². The van der Waals surface area contributed by atoms with Crippen LogP contribution in [0, 0.1) is 11.8 Å². The van der Waals surface area contributed by atoms with Gasteiger partial charge in [0, 0.05) is 30.1 Å². The topological polar surface area (TPSA) is 53.2 Å². The molecule has 1 amide bonds. The number of likely N-dealkylation sites (tertiary alicyclic amines) is 1. The summed E-state index contributed by atoms with van der Waals surface area (Å²) in [4.78, 5) is 29.3. The van der Waals surface area contributed by atoms with Gasteiger partial charge in [0.15, 0.2) is 0 Å². The van der Waals surface area contributed by atoms with Gasteiger partial charge in [-0.3, -0.25) is 9.59 Å². The molecule has 1 saturated heterocycles. The van der Waals surface area contributed by atoms with E-state index < -0.39 is 0 Å². The second-order valence-corrected chi connectivity index (χ2v) is 6.25. The monoisotopic (exact) mass is 284 g/mol. The number of amides is 1. The number of benzene rings is 1. The molecule has 1 aliphatic rings. The highest BCUT2D eigenvalue weighted by Crippen LogP contribution is 2.24. The van der Waals surface area contributed by atoms with Gasteiger partial charge in [0.2, 0.25) is 5.56 Å². The second-order valence-electron chi connectivity index (χ2n) is 6.25. The standard InChI is InChI=1S/C17H20N2O2/c1-11-7-12(2)10-19(9-11)17(21)14-8-16(20)18-15-6-4-3-5-13(14)15/h3-6,8,11-12H,7,9-10H2,1-2H3,(H,18,20)/t11-,12-/m0/s1. The van der Waals surface area contributed by atoms with Crippen LogP contribution in [0.2, 0.25) is 0 Å². The summed E-state index contributed by atoms with van der Waals surface area (Å²) in [6.45, 7) is 5.88. The van der Waals surface area contributed by atoms with Crippen molar-refractivity contribution in [2.45, 2.75) is 20.3 Å². The van der Waals surface area contributed by atoms with Crippen molar-refractivity contribution < 1.29 is 4.79 Å². The molecule has 1 aromatic heterocycles. The molecule has 1 N–H and O–H groups in total. The number of para-hydroxylation sites is 1. The smallest absolute Gasteiger partial charge is 0.254 e. The number of aromatic amines is 1. The van der Waals surface area contributed by atoms with Crippen molar-refractivity contribution in [2.75, 3.05) is 13.1 Å².